The molecule has 3 amide bonds. The van der Waals surface area contributed by atoms with Crippen LogP contribution in [0, 0.1) is 45.6 Å². The zero-order valence-corrected chi connectivity index (χ0v) is 22.0. The lowest BCUT2D eigenvalue weighted by molar-refractivity contribution is -0.384. The molecule has 5 aliphatic rings. The number of carbonyl (C=O) groups is 4. The number of hydrogen-bond donors (Lipinski definition) is 0. The number of rotatable bonds is 8. The zero-order chi connectivity index (χ0) is 27.6. The number of benzene rings is 2. The van der Waals surface area contributed by atoms with E-state index in [1.165, 1.54) is 36.4 Å². The summed E-state index contributed by atoms with van der Waals surface area (Å²) < 4.78 is 0. The molecule has 0 radical (unpaired) electrons. The third-order valence-electron chi connectivity index (χ3n) is 8.50. The van der Waals surface area contributed by atoms with Gasteiger partial charge in [0, 0.05) is 34.2 Å². The summed E-state index contributed by atoms with van der Waals surface area (Å²) in [6.45, 7) is 0. The minimum atomic E-state index is -1.28. The van der Waals surface area contributed by atoms with Crippen LogP contribution in [-0.2, 0) is 9.59 Å². The van der Waals surface area contributed by atoms with E-state index in [0.717, 1.165) is 28.6 Å². The lowest BCUT2D eigenvalue weighted by Gasteiger charge is -2.37. The molecule has 0 N–H and O–H groups in total. The number of allylic oxidation sites excluding steroid dienone is 2. The molecular formula is C28H23Cl2N3O6. The second-order valence-electron chi connectivity index (χ2n) is 10.5. The van der Waals surface area contributed by atoms with Gasteiger partial charge in [0.25, 0.3) is 23.4 Å². The fourth-order valence-corrected chi connectivity index (χ4v) is 6.99. The van der Waals surface area contributed by atoms with Gasteiger partial charge >= 0.3 is 0 Å². The third-order valence-corrected chi connectivity index (χ3v) is 8.97. The molecule has 7 rings (SSSR count). The quantitative estimate of drug-likeness (QED) is 0.115. The van der Waals surface area contributed by atoms with Crippen LogP contribution in [0.1, 0.15) is 33.6 Å². The molecule has 0 aromatic heterocycles. The second-order valence-corrected chi connectivity index (χ2v) is 11.3. The van der Waals surface area contributed by atoms with Crippen molar-refractivity contribution < 1.29 is 24.1 Å². The molecule has 2 aromatic carbocycles. The Morgan fingerprint density at radius 1 is 0.949 bits per heavy atom. The summed E-state index contributed by atoms with van der Waals surface area (Å²) >= 11 is 12.1. The number of imide groups is 1. The van der Waals surface area contributed by atoms with E-state index in [1.807, 2.05) is 12.2 Å². The minimum Gasteiger partial charge on any atom is -0.292 e. The maximum atomic E-state index is 14.0. The van der Waals surface area contributed by atoms with Gasteiger partial charge in [-0.3, -0.25) is 29.3 Å². The van der Waals surface area contributed by atoms with Gasteiger partial charge in [-0.15, -0.1) is 11.6 Å². The van der Waals surface area contributed by atoms with Crippen LogP contribution in [0.5, 0.6) is 0 Å². The van der Waals surface area contributed by atoms with Crippen molar-refractivity contribution >= 4 is 52.4 Å². The molecule has 11 heteroatoms. The van der Waals surface area contributed by atoms with E-state index in [9.17, 15) is 29.3 Å². The number of halogens is 2. The number of non-ortho nitro benzene ring substituents is 1. The van der Waals surface area contributed by atoms with Gasteiger partial charge in [-0.1, -0.05) is 23.8 Å². The first kappa shape index (κ1) is 25.7. The van der Waals surface area contributed by atoms with Crippen molar-refractivity contribution in [2.75, 3.05) is 5.88 Å². The van der Waals surface area contributed by atoms with Crippen LogP contribution in [0.2, 0.25) is 5.02 Å². The van der Waals surface area contributed by atoms with Gasteiger partial charge in [0.05, 0.1) is 16.8 Å². The second kappa shape index (κ2) is 9.57. The van der Waals surface area contributed by atoms with Crippen LogP contribution in [0.4, 0.5) is 5.69 Å². The molecule has 1 aliphatic heterocycles. The highest BCUT2D eigenvalue weighted by Crippen LogP contribution is 2.65. The van der Waals surface area contributed by atoms with E-state index in [0.29, 0.717) is 16.9 Å². The molecule has 2 saturated carbocycles. The Hall–Kier alpha value is -3.56. The molecule has 9 nitrogen and oxygen atoms in total. The number of hydrogen-bond acceptors (Lipinski definition) is 6. The normalized spacial score (nSPS) is 28.6. The number of Topliss-reactive ketones (excluding diaryl/α,β-unsaturated/α-hetero) is 1. The standard InChI is InChI=1S/C28H23Cl2N3O6/c29-12-11-22(25(34)14-1-5-16(30)6-2-14)31(26(35)15-3-7-17(8-4-15)33(38)39)32-27(36)23-18-9-10-19(21-13-20(18)21)24(23)28(32)37/h1-10,18-24H,11-13H2/t18-,19-,20-,21+,22-,23+,24+/m0/s1. The molecule has 2 aromatic rings. The van der Waals surface area contributed by atoms with Crippen molar-refractivity contribution in [3.63, 3.8) is 0 Å². The lowest BCUT2D eigenvalue weighted by Crippen LogP contribution is -2.57. The van der Waals surface area contributed by atoms with E-state index in [-0.39, 0.29) is 41.0 Å². The molecule has 0 spiro atoms. The number of nitrogens with zero attached hydrogens (tertiary/aromatic N) is 3. The van der Waals surface area contributed by atoms with Crippen LogP contribution < -0.4 is 0 Å². The van der Waals surface area contributed by atoms with Crippen LogP contribution >= 0.6 is 23.2 Å². The molecule has 2 bridgehead atoms. The minimum absolute atomic E-state index is 0.0107. The average molecular weight is 568 g/mol. The number of ketones is 1. The summed E-state index contributed by atoms with van der Waals surface area (Å²) in [5.41, 5.74) is -0.00660. The van der Waals surface area contributed by atoms with Gasteiger partial charge in [0.2, 0.25) is 0 Å². The van der Waals surface area contributed by atoms with Crippen molar-refractivity contribution in [1.82, 2.24) is 10.0 Å². The Morgan fingerprint density at radius 2 is 1.49 bits per heavy atom. The van der Waals surface area contributed by atoms with Crippen LogP contribution in [-0.4, -0.2) is 50.4 Å². The van der Waals surface area contributed by atoms with E-state index in [1.54, 1.807) is 0 Å². The predicted molar refractivity (Wildman–Crippen MR) is 141 cm³/mol. The largest absolute Gasteiger partial charge is 0.292 e. The average Bonchev–Trinajstić information content (AvgIpc) is 3.72. The summed E-state index contributed by atoms with van der Waals surface area (Å²) in [5.74, 6) is -3.00. The monoisotopic (exact) mass is 567 g/mol. The molecule has 1 saturated heterocycles. The number of nitro groups is 1. The molecule has 39 heavy (non-hydrogen) atoms. The Morgan fingerprint density at radius 3 is 2.00 bits per heavy atom. The SMILES string of the molecule is O=C(c1ccc(Cl)cc1)[C@H](CCCl)N(C(=O)c1ccc([N+](=O)[O-])cc1)N1C(=O)[C@@H]2[C@H]3C=C[C@@H]([C@@H]4C[C@H]34)[C@H]2C1=O. The number of hydrazine groups is 1. The maximum Gasteiger partial charge on any atom is 0.273 e. The topological polar surface area (TPSA) is 118 Å². The van der Waals surface area contributed by atoms with Crippen LogP contribution in [0.3, 0.4) is 0 Å². The first-order valence-electron chi connectivity index (χ1n) is 12.7. The Kier molecular flexibility index (Phi) is 6.31. The van der Waals surface area contributed by atoms with Crippen molar-refractivity contribution in [1.29, 1.82) is 0 Å². The van der Waals surface area contributed by atoms with Crippen molar-refractivity contribution in [2.45, 2.75) is 18.9 Å². The number of nitro benzene ring substituents is 1. The summed E-state index contributed by atoms with van der Waals surface area (Å²) in [6.07, 6.45) is 4.98. The van der Waals surface area contributed by atoms with E-state index in [2.05, 4.69) is 0 Å². The highest BCUT2D eigenvalue weighted by molar-refractivity contribution is 6.30. The van der Waals surface area contributed by atoms with Crippen LogP contribution in [0.15, 0.2) is 60.7 Å². The van der Waals surface area contributed by atoms with E-state index >= 15 is 0 Å². The summed E-state index contributed by atoms with van der Waals surface area (Å²) in [7, 11) is 0. The molecule has 3 fully saturated rings. The molecule has 4 aliphatic carbocycles. The van der Waals surface area contributed by atoms with E-state index < -0.39 is 46.3 Å². The molecule has 200 valence electrons. The van der Waals surface area contributed by atoms with Gasteiger partial charge in [-0.25, -0.2) is 5.01 Å². The van der Waals surface area contributed by atoms with Crippen molar-refractivity contribution in [2.24, 2.45) is 35.5 Å². The van der Waals surface area contributed by atoms with Crippen LogP contribution in [0.25, 0.3) is 0 Å². The summed E-state index contributed by atoms with van der Waals surface area (Å²) in [6, 6.07) is 9.61. The Labute approximate surface area is 233 Å². The first-order chi connectivity index (χ1) is 18.7. The van der Waals surface area contributed by atoms with Gasteiger partial charge in [-0.05, 0) is 72.9 Å². The fourth-order valence-electron chi connectivity index (χ4n) is 6.66. The van der Waals surface area contributed by atoms with Crippen molar-refractivity contribution in [3.8, 4) is 0 Å². The smallest absolute Gasteiger partial charge is 0.273 e. The molecule has 7 atom stereocenters. The van der Waals surface area contributed by atoms with Gasteiger partial charge in [0.15, 0.2) is 5.78 Å². The Bertz CT molecular complexity index is 1390. The summed E-state index contributed by atoms with van der Waals surface area (Å²) in [5, 5.41) is 13.4. The highest BCUT2D eigenvalue weighted by Gasteiger charge is 2.68. The third kappa shape index (κ3) is 4.06. The fraction of sp³-hybridized carbons (Fsp3) is 0.357. The number of amides is 3. The number of alkyl halides is 1. The highest BCUT2D eigenvalue weighted by atomic mass is 35.5. The predicted octanol–water partition coefficient (Wildman–Crippen LogP) is 4.54. The lowest BCUT2D eigenvalue weighted by atomic mass is 9.63. The number of carbonyl (C=O) groups excluding carboxylic acids is 4. The maximum absolute atomic E-state index is 14.0. The molecule has 0 unspecified atom stereocenters. The van der Waals surface area contributed by atoms with Gasteiger partial charge < -0.3 is 0 Å². The summed E-state index contributed by atoms with van der Waals surface area (Å²) in [4.78, 5) is 66.3. The first-order valence-corrected chi connectivity index (χ1v) is 13.6. The molecule has 1 heterocycles. The van der Waals surface area contributed by atoms with Gasteiger partial charge in [-0.2, -0.15) is 5.01 Å². The van der Waals surface area contributed by atoms with Crippen molar-refractivity contribution in [3.05, 3.63) is 86.9 Å². The Balaban J connectivity index is 1.43. The van der Waals surface area contributed by atoms with E-state index in [4.69, 9.17) is 23.2 Å². The van der Waals surface area contributed by atoms with Gasteiger partial charge in [0.1, 0.15) is 6.04 Å². The molecular weight excluding hydrogens is 545 g/mol. The zero-order valence-electron chi connectivity index (χ0n) is 20.5.